The van der Waals surface area contributed by atoms with Gasteiger partial charge in [-0.05, 0) is 19.1 Å². The minimum Gasteiger partial charge on any atom is -0.384 e. The van der Waals surface area contributed by atoms with E-state index in [0.29, 0.717) is 17.7 Å². The van der Waals surface area contributed by atoms with Crippen LogP contribution in [0.15, 0.2) is 36.9 Å². The van der Waals surface area contributed by atoms with E-state index in [-0.39, 0.29) is 18.6 Å². The molecule has 1 atom stereocenters. The van der Waals surface area contributed by atoms with Crippen LogP contribution in [0.2, 0.25) is 0 Å². The number of aliphatic hydroxyl groups excluding tert-OH is 1. The summed E-state index contributed by atoms with van der Waals surface area (Å²) in [6.45, 7) is 2.27. The van der Waals surface area contributed by atoms with Crippen molar-refractivity contribution >= 4 is 5.91 Å². The lowest BCUT2D eigenvalue weighted by molar-refractivity contribution is 0.0935. The highest BCUT2D eigenvalue weighted by Gasteiger charge is 2.11. The zero-order valence-electron chi connectivity index (χ0n) is 11.7. The van der Waals surface area contributed by atoms with Crippen LogP contribution in [0.1, 0.15) is 22.8 Å². The summed E-state index contributed by atoms with van der Waals surface area (Å²) in [4.78, 5) is 16.1. The van der Waals surface area contributed by atoms with Gasteiger partial charge in [0.1, 0.15) is 6.61 Å². The topological polar surface area (TPSA) is 80.0 Å². The van der Waals surface area contributed by atoms with E-state index in [4.69, 9.17) is 5.11 Å². The molecule has 108 valence electrons. The number of hydrogen-bond donors (Lipinski definition) is 2. The molecule has 2 rings (SSSR count). The summed E-state index contributed by atoms with van der Waals surface area (Å²) in [5, 5.41) is 15.6. The van der Waals surface area contributed by atoms with Gasteiger partial charge < -0.3 is 10.4 Å². The van der Waals surface area contributed by atoms with Crippen molar-refractivity contribution in [1.29, 1.82) is 0 Å². The molecule has 2 aromatic heterocycles. The Morgan fingerprint density at radius 1 is 1.52 bits per heavy atom. The van der Waals surface area contributed by atoms with E-state index in [1.807, 2.05) is 19.2 Å². The average molecular weight is 284 g/mol. The van der Waals surface area contributed by atoms with Crippen LogP contribution in [-0.4, -0.2) is 38.4 Å². The van der Waals surface area contributed by atoms with Crippen LogP contribution in [-0.2, 0) is 6.54 Å². The SMILES string of the molecule is CC(Cn1cccn1)NC(=O)c1cncc(C#CCO)c1. The second kappa shape index (κ2) is 7.22. The van der Waals surface area contributed by atoms with E-state index < -0.39 is 0 Å². The minimum atomic E-state index is -0.225. The molecule has 0 radical (unpaired) electrons. The average Bonchev–Trinajstić information content (AvgIpc) is 2.98. The maximum absolute atomic E-state index is 12.1. The lowest BCUT2D eigenvalue weighted by Crippen LogP contribution is -2.35. The summed E-state index contributed by atoms with van der Waals surface area (Å²) in [5.74, 6) is 5.03. The fourth-order valence-corrected chi connectivity index (χ4v) is 1.82. The molecule has 0 aliphatic heterocycles. The van der Waals surface area contributed by atoms with Crippen LogP contribution >= 0.6 is 0 Å². The molecule has 6 heteroatoms. The smallest absolute Gasteiger partial charge is 0.253 e. The van der Waals surface area contributed by atoms with Gasteiger partial charge in [-0.2, -0.15) is 5.10 Å². The van der Waals surface area contributed by atoms with Gasteiger partial charge >= 0.3 is 0 Å². The Kier molecular flexibility index (Phi) is 5.07. The first-order chi connectivity index (χ1) is 10.2. The quantitative estimate of drug-likeness (QED) is 0.798. The van der Waals surface area contributed by atoms with Gasteiger partial charge in [-0.15, -0.1) is 0 Å². The van der Waals surface area contributed by atoms with Gasteiger partial charge in [0.05, 0.1) is 12.1 Å². The van der Waals surface area contributed by atoms with Crippen LogP contribution in [0.5, 0.6) is 0 Å². The maximum atomic E-state index is 12.1. The molecule has 2 N–H and O–H groups in total. The number of hydrogen-bond acceptors (Lipinski definition) is 4. The summed E-state index contributed by atoms with van der Waals surface area (Å²) in [6.07, 6.45) is 6.57. The predicted octanol–water partition coefficient (Wildman–Crippen LogP) is 0.440. The maximum Gasteiger partial charge on any atom is 0.253 e. The van der Waals surface area contributed by atoms with Gasteiger partial charge in [-0.1, -0.05) is 11.8 Å². The monoisotopic (exact) mass is 284 g/mol. The normalized spacial score (nSPS) is 11.3. The number of aliphatic hydroxyl groups is 1. The minimum absolute atomic E-state index is 0.0652. The lowest BCUT2D eigenvalue weighted by atomic mass is 10.2. The van der Waals surface area contributed by atoms with Crippen molar-refractivity contribution in [1.82, 2.24) is 20.1 Å². The molecule has 2 heterocycles. The van der Waals surface area contributed by atoms with Gasteiger partial charge in [0.25, 0.3) is 5.91 Å². The molecule has 0 aliphatic carbocycles. The third-order valence-electron chi connectivity index (χ3n) is 2.71. The number of nitrogens with zero attached hydrogens (tertiary/aromatic N) is 3. The van der Waals surface area contributed by atoms with Gasteiger partial charge in [0.15, 0.2) is 0 Å². The summed E-state index contributed by atoms with van der Waals surface area (Å²) < 4.78 is 1.76. The zero-order valence-corrected chi connectivity index (χ0v) is 11.7. The number of amides is 1. The van der Waals surface area contributed by atoms with Crippen molar-refractivity contribution < 1.29 is 9.90 Å². The summed E-state index contributed by atoms with van der Waals surface area (Å²) in [5.41, 5.74) is 1.03. The molecule has 1 unspecified atom stereocenters. The molecule has 0 fully saturated rings. The third-order valence-corrected chi connectivity index (χ3v) is 2.71. The largest absolute Gasteiger partial charge is 0.384 e. The molecule has 0 saturated heterocycles. The fraction of sp³-hybridized carbons (Fsp3) is 0.267. The second-order valence-corrected chi connectivity index (χ2v) is 4.52. The van der Waals surface area contributed by atoms with Crippen LogP contribution in [0.4, 0.5) is 0 Å². The van der Waals surface area contributed by atoms with Gasteiger partial charge in [-0.25, -0.2) is 0 Å². The van der Waals surface area contributed by atoms with Crippen molar-refractivity contribution in [3.63, 3.8) is 0 Å². The van der Waals surface area contributed by atoms with E-state index >= 15 is 0 Å². The first-order valence-electron chi connectivity index (χ1n) is 6.52. The highest BCUT2D eigenvalue weighted by Crippen LogP contribution is 2.02. The van der Waals surface area contributed by atoms with Crippen molar-refractivity contribution in [3.8, 4) is 11.8 Å². The molecule has 21 heavy (non-hydrogen) atoms. The summed E-state index contributed by atoms with van der Waals surface area (Å²) in [6, 6.07) is 3.41. The Balaban J connectivity index is 1.99. The predicted molar refractivity (Wildman–Crippen MR) is 77.4 cm³/mol. The third kappa shape index (κ3) is 4.44. The number of aromatic nitrogens is 3. The fourth-order valence-electron chi connectivity index (χ4n) is 1.82. The summed E-state index contributed by atoms with van der Waals surface area (Å²) in [7, 11) is 0. The van der Waals surface area contributed by atoms with E-state index in [1.54, 1.807) is 23.1 Å². The number of pyridine rings is 1. The molecule has 0 aromatic carbocycles. The Bertz CT molecular complexity index is 656. The number of nitrogens with one attached hydrogen (secondary N) is 1. The van der Waals surface area contributed by atoms with Gasteiger partial charge in [0.2, 0.25) is 0 Å². The Morgan fingerprint density at radius 2 is 2.38 bits per heavy atom. The van der Waals surface area contributed by atoms with Gasteiger partial charge in [0, 0.05) is 36.4 Å². The number of carbonyl (C=O) groups excluding carboxylic acids is 1. The molecule has 0 spiro atoms. The Hall–Kier alpha value is -2.65. The number of carbonyl (C=O) groups is 1. The van der Waals surface area contributed by atoms with Gasteiger partial charge in [-0.3, -0.25) is 14.5 Å². The van der Waals surface area contributed by atoms with Crippen molar-refractivity contribution in [2.75, 3.05) is 6.61 Å². The van der Waals surface area contributed by atoms with Crippen molar-refractivity contribution in [3.05, 3.63) is 48.0 Å². The first-order valence-corrected chi connectivity index (χ1v) is 6.52. The molecular formula is C15H16N4O2. The molecule has 1 amide bonds. The standard InChI is InChI=1S/C15H16N4O2/c1-12(11-19-6-3-5-17-19)18-15(21)14-8-13(4-2-7-20)9-16-10-14/h3,5-6,8-10,12,20H,7,11H2,1H3,(H,18,21). The first kappa shape index (κ1) is 14.8. The van der Waals surface area contributed by atoms with Crippen LogP contribution in [0.25, 0.3) is 0 Å². The molecule has 0 aliphatic rings. The molecule has 2 aromatic rings. The Labute approximate surface area is 122 Å². The van der Waals surface area contributed by atoms with Crippen LogP contribution in [0, 0.1) is 11.8 Å². The van der Waals surface area contributed by atoms with E-state index in [2.05, 4.69) is 27.2 Å². The second-order valence-electron chi connectivity index (χ2n) is 4.52. The molecule has 0 bridgehead atoms. The highest BCUT2D eigenvalue weighted by molar-refractivity contribution is 5.94. The van der Waals surface area contributed by atoms with Crippen LogP contribution < -0.4 is 5.32 Å². The van der Waals surface area contributed by atoms with Crippen molar-refractivity contribution in [2.24, 2.45) is 0 Å². The number of rotatable bonds is 4. The summed E-state index contributed by atoms with van der Waals surface area (Å²) >= 11 is 0. The van der Waals surface area contributed by atoms with Crippen molar-refractivity contribution in [2.45, 2.75) is 19.5 Å². The van der Waals surface area contributed by atoms with E-state index in [1.165, 1.54) is 6.20 Å². The zero-order chi connectivity index (χ0) is 15.1. The lowest BCUT2D eigenvalue weighted by Gasteiger charge is -2.13. The van der Waals surface area contributed by atoms with E-state index in [9.17, 15) is 4.79 Å². The Morgan fingerprint density at radius 3 is 3.10 bits per heavy atom. The molecule has 6 nitrogen and oxygen atoms in total. The molecular weight excluding hydrogens is 268 g/mol. The van der Waals surface area contributed by atoms with E-state index in [0.717, 1.165) is 0 Å². The molecule has 0 saturated carbocycles. The van der Waals surface area contributed by atoms with Crippen LogP contribution in [0.3, 0.4) is 0 Å². The highest BCUT2D eigenvalue weighted by atomic mass is 16.2.